The summed E-state index contributed by atoms with van der Waals surface area (Å²) in [4.78, 5) is 2.30. The lowest BCUT2D eigenvalue weighted by Crippen LogP contribution is -2.09. The first-order valence-corrected chi connectivity index (χ1v) is 14.3. The van der Waals surface area contributed by atoms with Gasteiger partial charge in [-0.15, -0.1) is 0 Å². The van der Waals surface area contributed by atoms with Crippen molar-refractivity contribution in [2.75, 3.05) is 4.90 Å². The first-order valence-electron chi connectivity index (χ1n) is 14.3. The summed E-state index contributed by atoms with van der Waals surface area (Å²) in [6.45, 7) is 0. The molecule has 0 fully saturated rings. The third-order valence-corrected chi connectivity index (χ3v) is 8.07. The second kappa shape index (κ2) is 10.1. The van der Waals surface area contributed by atoms with Crippen LogP contribution in [-0.4, -0.2) is 0 Å². The molecule has 0 saturated carbocycles. The molecule has 0 amide bonds. The molecule has 8 aromatic rings. The Balaban J connectivity index is 1.21. The zero-order valence-corrected chi connectivity index (χ0v) is 22.9. The lowest BCUT2D eigenvalue weighted by Gasteiger charge is -2.26. The van der Waals surface area contributed by atoms with Gasteiger partial charge in [0, 0.05) is 38.8 Å². The highest BCUT2D eigenvalue weighted by Crippen LogP contribution is 2.40. The maximum atomic E-state index is 6.60. The molecule has 1 aromatic heterocycles. The Morgan fingerprint density at radius 2 is 0.881 bits per heavy atom. The maximum Gasteiger partial charge on any atom is 0.143 e. The van der Waals surface area contributed by atoms with Crippen LogP contribution in [0.3, 0.4) is 0 Å². The van der Waals surface area contributed by atoms with E-state index < -0.39 is 0 Å². The molecule has 42 heavy (non-hydrogen) atoms. The third kappa shape index (κ3) is 4.13. The molecule has 2 nitrogen and oxygen atoms in total. The van der Waals surface area contributed by atoms with Gasteiger partial charge in [-0.05, 0) is 64.5 Å². The van der Waals surface area contributed by atoms with Crippen LogP contribution >= 0.6 is 0 Å². The number of nitrogens with zero attached hydrogens (tertiary/aromatic N) is 1. The molecule has 1 heterocycles. The lowest BCUT2D eigenvalue weighted by molar-refractivity contribution is 0.674. The number of para-hydroxylation sites is 2. The van der Waals surface area contributed by atoms with Crippen LogP contribution in [0.25, 0.3) is 55.0 Å². The number of hydrogen-bond donors (Lipinski definition) is 0. The van der Waals surface area contributed by atoms with Gasteiger partial charge >= 0.3 is 0 Å². The van der Waals surface area contributed by atoms with Crippen LogP contribution < -0.4 is 4.90 Å². The Labute approximate surface area is 244 Å². The molecule has 0 atom stereocenters. The van der Waals surface area contributed by atoms with Gasteiger partial charge in [-0.1, -0.05) is 121 Å². The van der Waals surface area contributed by atoms with E-state index in [0.29, 0.717) is 0 Å². The van der Waals surface area contributed by atoms with Gasteiger partial charge in [-0.2, -0.15) is 0 Å². The quantitative estimate of drug-likeness (QED) is 0.217. The minimum Gasteiger partial charge on any atom is -0.455 e. The molecule has 0 saturated heterocycles. The van der Waals surface area contributed by atoms with Gasteiger partial charge in [-0.25, -0.2) is 0 Å². The molecule has 0 aliphatic carbocycles. The molecule has 0 spiro atoms. The Kier molecular flexibility index (Phi) is 5.82. The number of hydrogen-bond acceptors (Lipinski definition) is 2. The zero-order chi connectivity index (χ0) is 27.9. The normalized spacial score (nSPS) is 11.3. The topological polar surface area (TPSA) is 16.4 Å². The Hall–Kier alpha value is -5.60. The number of benzene rings is 7. The van der Waals surface area contributed by atoms with Crippen molar-refractivity contribution < 1.29 is 4.42 Å². The van der Waals surface area contributed by atoms with Crippen LogP contribution in [0.2, 0.25) is 0 Å². The largest absolute Gasteiger partial charge is 0.455 e. The van der Waals surface area contributed by atoms with E-state index in [1.54, 1.807) is 0 Å². The van der Waals surface area contributed by atoms with Crippen molar-refractivity contribution in [1.29, 1.82) is 0 Å². The summed E-state index contributed by atoms with van der Waals surface area (Å²) in [7, 11) is 0. The fraction of sp³-hybridized carbons (Fsp3) is 0. The van der Waals surface area contributed by atoms with E-state index in [1.165, 1.54) is 16.5 Å². The monoisotopic (exact) mass is 537 g/mol. The smallest absolute Gasteiger partial charge is 0.143 e. The molecule has 8 rings (SSSR count). The second-order valence-electron chi connectivity index (χ2n) is 10.6. The highest BCUT2D eigenvalue weighted by atomic mass is 16.3. The van der Waals surface area contributed by atoms with Crippen molar-refractivity contribution in [2.24, 2.45) is 0 Å². The Morgan fingerprint density at radius 3 is 1.62 bits per heavy atom. The van der Waals surface area contributed by atoms with Crippen molar-refractivity contribution in [3.05, 3.63) is 164 Å². The van der Waals surface area contributed by atoms with E-state index >= 15 is 0 Å². The summed E-state index contributed by atoms with van der Waals surface area (Å²) >= 11 is 0. The summed E-state index contributed by atoms with van der Waals surface area (Å²) < 4.78 is 6.60. The molecule has 0 radical (unpaired) electrons. The van der Waals surface area contributed by atoms with Crippen molar-refractivity contribution in [3.8, 4) is 22.3 Å². The molecule has 7 aromatic carbocycles. The van der Waals surface area contributed by atoms with Crippen LogP contribution in [-0.2, 0) is 0 Å². The number of furan rings is 1. The predicted octanol–water partition coefficient (Wildman–Crippen LogP) is 11.5. The third-order valence-electron chi connectivity index (χ3n) is 8.07. The Bertz CT molecular complexity index is 2160. The van der Waals surface area contributed by atoms with E-state index in [4.69, 9.17) is 4.42 Å². The number of fused-ring (bicyclic) bond motifs is 5. The lowest BCUT2D eigenvalue weighted by atomic mass is 10.0. The summed E-state index contributed by atoms with van der Waals surface area (Å²) in [6, 6.07) is 57.8. The summed E-state index contributed by atoms with van der Waals surface area (Å²) in [5.41, 5.74) is 9.83. The number of rotatable bonds is 5. The van der Waals surface area contributed by atoms with Gasteiger partial charge in [0.2, 0.25) is 0 Å². The van der Waals surface area contributed by atoms with Crippen molar-refractivity contribution in [3.63, 3.8) is 0 Å². The minimum atomic E-state index is 0.924. The van der Waals surface area contributed by atoms with Crippen molar-refractivity contribution in [2.45, 2.75) is 0 Å². The van der Waals surface area contributed by atoms with Gasteiger partial charge in [0.1, 0.15) is 11.2 Å². The fourth-order valence-electron chi connectivity index (χ4n) is 6.00. The highest BCUT2D eigenvalue weighted by molar-refractivity contribution is 6.17. The molecule has 0 aliphatic heterocycles. The predicted molar refractivity (Wildman–Crippen MR) is 177 cm³/mol. The molecule has 0 N–H and O–H groups in total. The molecule has 0 aliphatic rings. The van der Waals surface area contributed by atoms with E-state index in [1.807, 2.05) is 0 Å². The van der Waals surface area contributed by atoms with Crippen LogP contribution in [0, 0.1) is 0 Å². The van der Waals surface area contributed by atoms with E-state index in [9.17, 15) is 0 Å². The standard InChI is InChI=1S/C40H27NO/c1-3-10-28(11-4-1)29-18-23-33(24-19-29)41(32-13-5-2-6-14-32)34-25-20-31(21-26-34)36-16-9-17-37-38-27-22-30-12-7-8-15-35(30)40(38)42-39(36)37/h1-27H. The van der Waals surface area contributed by atoms with Crippen LogP contribution in [0.15, 0.2) is 168 Å². The molecule has 0 unspecified atom stereocenters. The average molecular weight is 538 g/mol. The van der Waals surface area contributed by atoms with Gasteiger partial charge < -0.3 is 9.32 Å². The molecule has 198 valence electrons. The molecule has 0 bridgehead atoms. The highest BCUT2D eigenvalue weighted by Gasteiger charge is 2.16. The first-order chi connectivity index (χ1) is 20.8. The molecular weight excluding hydrogens is 510 g/mol. The van der Waals surface area contributed by atoms with E-state index in [-0.39, 0.29) is 0 Å². The van der Waals surface area contributed by atoms with E-state index in [0.717, 1.165) is 55.5 Å². The molecule has 2 heteroatoms. The summed E-state index contributed by atoms with van der Waals surface area (Å²) in [5, 5.41) is 4.62. The minimum absolute atomic E-state index is 0.924. The van der Waals surface area contributed by atoms with Crippen LogP contribution in [0.5, 0.6) is 0 Å². The number of anilines is 3. The first kappa shape index (κ1) is 24.2. The van der Waals surface area contributed by atoms with E-state index in [2.05, 4.69) is 169 Å². The zero-order valence-electron chi connectivity index (χ0n) is 22.9. The SMILES string of the molecule is c1ccc(-c2ccc(N(c3ccccc3)c3ccc(-c4cccc5c4oc4c6ccccc6ccc54)cc3)cc2)cc1. The van der Waals surface area contributed by atoms with Crippen LogP contribution in [0.1, 0.15) is 0 Å². The average Bonchev–Trinajstić information content (AvgIpc) is 3.46. The Morgan fingerprint density at radius 1 is 0.333 bits per heavy atom. The van der Waals surface area contributed by atoms with Gasteiger partial charge in [0.15, 0.2) is 0 Å². The van der Waals surface area contributed by atoms with Crippen molar-refractivity contribution in [1.82, 2.24) is 0 Å². The maximum absolute atomic E-state index is 6.60. The van der Waals surface area contributed by atoms with Gasteiger partial charge in [0.25, 0.3) is 0 Å². The van der Waals surface area contributed by atoms with Gasteiger partial charge in [0.05, 0.1) is 0 Å². The van der Waals surface area contributed by atoms with Gasteiger partial charge in [-0.3, -0.25) is 0 Å². The molecular formula is C40H27NO. The summed E-state index contributed by atoms with van der Waals surface area (Å²) in [6.07, 6.45) is 0. The second-order valence-corrected chi connectivity index (χ2v) is 10.6. The fourth-order valence-corrected chi connectivity index (χ4v) is 6.00. The summed E-state index contributed by atoms with van der Waals surface area (Å²) in [5.74, 6) is 0. The van der Waals surface area contributed by atoms with Crippen LogP contribution in [0.4, 0.5) is 17.1 Å². The van der Waals surface area contributed by atoms with Crippen molar-refractivity contribution >= 4 is 49.8 Å².